The summed E-state index contributed by atoms with van der Waals surface area (Å²) in [6.07, 6.45) is 7.34. The third-order valence-corrected chi connectivity index (χ3v) is 4.53. The van der Waals surface area contributed by atoms with Crippen LogP contribution in [0.1, 0.15) is 23.2 Å². The number of rotatable bonds is 3. The monoisotopic (exact) mass is 309 g/mol. The lowest BCUT2D eigenvalue weighted by molar-refractivity contribution is 0.0663. The maximum Gasteiger partial charge on any atom is 0.257 e. The van der Waals surface area contributed by atoms with Crippen LogP contribution in [0.4, 0.5) is 0 Å². The second-order valence-electron chi connectivity index (χ2n) is 6.13. The Morgan fingerprint density at radius 1 is 1.35 bits per heavy atom. The van der Waals surface area contributed by atoms with Crippen molar-refractivity contribution in [2.24, 2.45) is 5.92 Å². The van der Waals surface area contributed by atoms with Crippen LogP contribution < -0.4 is 0 Å². The molecule has 1 fully saturated rings. The van der Waals surface area contributed by atoms with Gasteiger partial charge in [-0.2, -0.15) is 5.10 Å². The van der Waals surface area contributed by atoms with Gasteiger partial charge in [-0.1, -0.05) is 12.1 Å². The van der Waals surface area contributed by atoms with Crippen LogP contribution >= 0.6 is 0 Å². The molecule has 1 unspecified atom stereocenters. The molecule has 1 amide bonds. The summed E-state index contributed by atoms with van der Waals surface area (Å²) < 4.78 is 2.20. The molecule has 3 aromatic rings. The fourth-order valence-corrected chi connectivity index (χ4v) is 3.38. The number of carbonyl (C=O) groups excluding carboxylic acids is 1. The van der Waals surface area contributed by atoms with Crippen molar-refractivity contribution >= 4 is 16.9 Å². The highest BCUT2D eigenvalue weighted by atomic mass is 16.2. The van der Waals surface area contributed by atoms with Gasteiger partial charge in [-0.05, 0) is 30.9 Å². The van der Waals surface area contributed by atoms with Gasteiger partial charge in [-0.3, -0.25) is 9.89 Å². The Morgan fingerprint density at radius 2 is 2.26 bits per heavy atom. The first-order chi connectivity index (χ1) is 11.3. The van der Waals surface area contributed by atoms with E-state index in [9.17, 15) is 4.79 Å². The number of hydrogen-bond donors (Lipinski definition) is 1. The van der Waals surface area contributed by atoms with Gasteiger partial charge in [0.05, 0.1) is 29.1 Å². The molecule has 1 atom stereocenters. The fourth-order valence-electron chi connectivity index (χ4n) is 3.38. The predicted molar refractivity (Wildman–Crippen MR) is 86.9 cm³/mol. The highest BCUT2D eigenvalue weighted by Gasteiger charge is 2.25. The molecule has 4 rings (SSSR count). The normalized spacial score (nSPS) is 18.4. The van der Waals surface area contributed by atoms with Crippen molar-refractivity contribution in [3.05, 3.63) is 48.5 Å². The smallest absolute Gasteiger partial charge is 0.257 e. The van der Waals surface area contributed by atoms with Crippen LogP contribution in [0.25, 0.3) is 11.0 Å². The Morgan fingerprint density at radius 3 is 3.13 bits per heavy atom. The number of benzene rings is 1. The summed E-state index contributed by atoms with van der Waals surface area (Å²) in [7, 11) is 0. The maximum atomic E-state index is 12.5. The number of imidazole rings is 1. The summed E-state index contributed by atoms with van der Waals surface area (Å²) >= 11 is 0. The number of aromatic amines is 1. The Bertz CT molecular complexity index is 807. The van der Waals surface area contributed by atoms with Gasteiger partial charge >= 0.3 is 0 Å². The predicted octanol–water partition coefficient (Wildman–Crippen LogP) is 2.31. The molecule has 0 aliphatic carbocycles. The highest BCUT2D eigenvalue weighted by Crippen LogP contribution is 2.22. The number of carbonyl (C=O) groups is 1. The number of hydrogen-bond acceptors (Lipinski definition) is 3. The van der Waals surface area contributed by atoms with Gasteiger partial charge in [0.15, 0.2) is 0 Å². The van der Waals surface area contributed by atoms with Crippen LogP contribution in [-0.2, 0) is 6.54 Å². The zero-order valence-corrected chi connectivity index (χ0v) is 12.9. The van der Waals surface area contributed by atoms with Crippen molar-refractivity contribution in [3.8, 4) is 0 Å². The highest BCUT2D eigenvalue weighted by molar-refractivity contribution is 5.93. The Labute approximate surface area is 134 Å². The van der Waals surface area contributed by atoms with Crippen LogP contribution in [-0.4, -0.2) is 43.6 Å². The van der Waals surface area contributed by atoms with Gasteiger partial charge in [0, 0.05) is 25.8 Å². The summed E-state index contributed by atoms with van der Waals surface area (Å²) in [5.41, 5.74) is 2.82. The number of likely N-dealkylation sites (tertiary alicyclic amines) is 1. The van der Waals surface area contributed by atoms with Crippen LogP contribution in [0, 0.1) is 5.92 Å². The van der Waals surface area contributed by atoms with E-state index in [2.05, 4.69) is 25.8 Å². The van der Waals surface area contributed by atoms with Gasteiger partial charge in [-0.25, -0.2) is 4.98 Å². The first kappa shape index (κ1) is 14.0. The zero-order chi connectivity index (χ0) is 15.6. The third-order valence-electron chi connectivity index (χ3n) is 4.53. The number of nitrogens with one attached hydrogen (secondary N) is 1. The molecular formula is C17H19N5O. The molecule has 1 aliphatic rings. The number of fused-ring (bicyclic) bond motifs is 1. The van der Waals surface area contributed by atoms with Crippen molar-refractivity contribution in [2.75, 3.05) is 13.1 Å². The van der Waals surface area contributed by atoms with E-state index in [-0.39, 0.29) is 5.91 Å². The minimum Gasteiger partial charge on any atom is -0.338 e. The number of aromatic nitrogens is 4. The molecule has 0 bridgehead atoms. The molecular weight excluding hydrogens is 290 g/mol. The van der Waals surface area contributed by atoms with E-state index < -0.39 is 0 Å². The zero-order valence-electron chi connectivity index (χ0n) is 12.9. The molecule has 6 nitrogen and oxygen atoms in total. The van der Waals surface area contributed by atoms with Gasteiger partial charge in [0.2, 0.25) is 0 Å². The van der Waals surface area contributed by atoms with E-state index in [4.69, 9.17) is 0 Å². The average molecular weight is 309 g/mol. The number of H-pyrrole nitrogens is 1. The Kier molecular flexibility index (Phi) is 3.57. The second kappa shape index (κ2) is 5.87. The van der Waals surface area contributed by atoms with E-state index in [1.807, 2.05) is 29.4 Å². The molecule has 1 N–H and O–H groups in total. The van der Waals surface area contributed by atoms with Gasteiger partial charge in [-0.15, -0.1) is 0 Å². The number of nitrogens with zero attached hydrogens (tertiary/aromatic N) is 4. The lowest BCUT2D eigenvalue weighted by Gasteiger charge is -2.32. The number of piperidine rings is 1. The lowest BCUT2D eigenvalue weighted by atomic mass is 9.97. The van der Waals surface area contributed by atoms with E-state index in [1.165, 1.54) is 0 Å². The molecule has 1 saturated heterocycles. The van der Waals surface area contributed by atoms with Crippen molar-refractivity contribution in [1.29, 1.82) is 0 Å². The molecule has 1 aliphatic heterocycles. The molecule has 23 heavy (non-hydrogen) atoms. The van der Waals surface area contributed by atoms with Crippen LogP contribution in [0.3, 0.4) is 0 Å². The van der Waals surface area contributed by atoms with Crippen LogP contribution in [0.5, 0.6) is 0 Å². The summed E-state index contributed by atoms with van der Waals surface area (Å²) in [6.45, 7) is 2.51. The second-order valence-corrected chi connectivity index (χ2v) is 6.13. The summed E-state index contributed by atoms with van der Waals surface area (Å²) in [5.74, 6) is 0.524. The van der Waals surface area contributed by atoms with Crippen molar-refractivity contribution in [2.45, 2.75) is 19.4 Å². The van der Waals surface area contributed by atoms with E-state index in [1.54, 1.807) is 12.4 Å². The Balaban J connectivity index is 1.48. The molecule has 6 heteroatoms. The van der Waals surface area contributed by atoms with E-state index in [0.717, 1.165) is 43.5 Å². The molecule has 1 aromatic carbocycles. The first-order valence-corrected chi connectivity index (χ1v) is 7.99. The standard InChI is InChI=1S/C17H19N5O/c23-17(14-8-19-20-9-14)21-7-3-4-13(10-21)11-22-12-18-15-5-1-2-6-16(15)22/h1-2,5-6,8-9,12-13H,3-4,7,10-11H2,(H,19,20). The quantitative estimate of drug-likeness (QED) is 0.807. The third kappa shape index (κ3) is 2.72. The van der Waals surface area contributed by atoms with E-state index >= 15 is 0 Å². The minimum absolute atomic E-state index is 0.0685. The lowest BCUT2D eigenvalue weighted by Crippen LogP contribution is -2.41. The van der Waals surface area contributed by atoms with Crippen molar-refractivity contribution < 1.29 is 4.79 Å². The fraction of sp³-hybridized carbons (Fsp3) is 0.353. The molecule has 0 radical (unpaired) electrons. The number of para-hydroxylation sites is 2. The average Bonchev–Trinajstić information content (AvgIpc) is 3.25. The van der Waals surface area contributed by atoms with Crippen LogP contribution in [0.2, 0.25) is 0 Å². The molecule has 0 saturated carbocycles. The molecule has 118 valence electrons. The largest absolute Gasteiger partial charge is 0.338 e. The van der Waals surface area contributed by atoms with Gasteiger partial charge < -0.3 is 9.47 Å². The SMILES string of the molecule is O=C(c1cn[nH]c1)N1CCCC(Cn2cnc3ccccc32)C1. The van der Waals surface area contributed by atoms with E-state index in [0.29, 0.717) is 11.5 Å². The van der Waals surface area contributed by atoms with Gasteiger partial charge in [0.1, 0.15) is 0 Å². The van der Waals surface area contributed by atoms with Gasteiger partial charge in [0.25, 0.3) is 5.91 Å². The summed E-state index contributed by atoms with van der Waals surface area (Å²) in [6, 6.07) is 8.17. The first-order valence-electron chi connectivity index (χ1n) is 7.99. The van der Waals surface area contributed by atoms with Crippen molar-refractivity contribution in [1.82, 2.24) is 24.6 Å². The minimum atomic E-state index is 0.0685. The Hall–Kier alpha value is -2.63. The van der Waals surface area contributed by atoms with Crippen molar-refractivity contribution in [3.63, 3.8) is 0 Å². The molecule has 0 spiro atoms. The summed E-state index contributed by atoms with van der Waals surface area (Å²) in [4.78, 5) is 18.9. The van der Waals surface area contributed by atoms with Crippen LogP contribution in [0.15, 0.2) is 43.0 Å². The maximum absolute atomic E-state index is 12.5. The number of amides is 1. The molecule has 2 aromatic heterocycles. The summed E-state index contributed by atoms with van der Waals surface area (Å²) in [5, 5.41) is 6.57. The topological polar surface area (TPSA) is 66.8 Å². The molecule has 3 heterocycles.